The summed E-state index contributed by atoms with van der Waals surface area (Å²) < 4.78 is 0. The Balaban J connectivity index is 1.96. The number of benzene rings is 1. The summed E-state index contributed by atoms with van der Waals surface area (Å²) in [4.78, 5) is 8.12. The Labute approximate surface area is 122 Å². The highest BCUT2D eigenvalue weighted by Crippen LogP contribution is 2.19. The Kier molecular flexibility index (Phi) is 4.45. The Bertz CT molecular complexity index is 495. The predicted molar refractivity (Wildman–Crippen MR) is 79.8 cm³/mol. The highest BCUT2D eigenvalue weighted by molar-refractivity contribution is 6.34. The molecule has 0 spiro atoms. The molecule has 1 aromatic heterocycles. The molecule has 0 bridgehead atoms. The summed E-state index contributed by atoms with van der Waals surface area (Å²) in [6.45, 7) is 2.59. The molecular formula is C13H14Cl2N4. The van der Waals surface area contributed by atoms with Gasteiger partial charge in [0.25, 0.3) is 0 Å². The molecule has 0 saturated heterocycles. The maximum absolute atomic E-state index is 5.95. The van der Waals surface area contributed by atoms with Crippen molar-refractivity contribution >= 4 is 35.0 Å². The highest BCUT2D eigenvalue weighted by atomic mass is 35.5. The average molecular weight is 297 g/mol. The van der Waals surface area contributed by atoms with Gasteiger partial charge in [-0.2, -0.15) is 4.98 Å². The zero-order valence-corrected chi connectivity index (χ0v) is 12.0. The van der Waals surface area contributed by atoms with Gasteiger partial charge in [0, 0.05) is 28.4 Å². The molecule has 1 aromatic carbocycles. The quantitative estimate of drug-likeness (QED) is 0.908. The molecular weight excluding hydrogens is 283 g/mol. The molecule has 19 heavy (non-hydrogen) atoms. The minimum Gasteiger partial charge on any atom is -0.370 e. The third kappa shape index (κ3) is 4.26. The van der Waals surface area contributed by atoms with Gasteiger partial charge in [-0.05, 0) is 37.1 Å². The van der Waals surface area contributed by atoms with Crippen LogP contribution in [-0.2, 0) is 6.42 Å². The van der Waals surface area contributed by atoms with Crippen molar-refractivity contribution in [2.75, 3.05) is 17.6 Å². The lowest BCUT2D eigenvalue weighted by atomic mass is 10.1. The number of nitrogens with two attached hydrogens (primary N) is 1. The molecule has 2 rings (SSSR count). The first-order valence-corrected chi connectivity index (χ1v) is 6.58. The maximum atomic E-state index is 5.95. The molecule has 2 aromatic rings. The third-order valence-corrected chi connectivity index (χ3v) is 2.95. The lowest BCUT2D eigenvalue weighted by Gasteiger charge is -2.07. The Morgan fingerprint density at radius 2 is 1.79 bits per heavy atom. The fourth-order valence-electron chi connectivity index (χ4n) is 1.77. The molecule has 1 heterocycles. The van der Waals surface area contributed by atoms with Gasteiger partial charge in [-0.1, -0.05) is 23.2 Å². The van der Waals surface area contributed by atoms with Crippen LogP contribution in [0.25, 0.3) is 0 Å². The number of aryl methyl sites for hydroxylation is 1. The summed E-state index contributed by atoms with van der Waals surface area (Å²) in [5.74, 6) is 0.992. The summed E-state index contributed by atoms with van der Waals surface area (Å²) in [5, 5.41) is 4.48. The summed E-state index contributed by atoms with van der Waals surface area (Å²) in [6, 6.07) is 7.36. The van der Waals surface area contributed by atoms with E-state index in [9.17, 15) is 0 Å². The number of hydrogen-bond donors (Lipinski definition) is 2. The predicted octanol–water partition coefficient (Wildman–Crippen LogP) is 3.33. The number of rotatable bonds is 4. The van der Waals surface area contributed by atoms with E-state index in [1.807, 2.05) is 25.1 Å². The first-order chi connectivity index (χ1) is 9.02. The maximum Gasteiger partial charge on any atom is 0.222 e. The lowest BCUT2D eigenvalue weighted by Crippen LogP contribution is -2.08. The Morgan fingerprint density at radius 1 is 1.11 bits per heavy atom. The van der Waals surface area contributed by atoms with Gasteiger partial charge in [-0.3, -0.25) is 0 Å². The van der Waals surface area contributed by atoms with Gasteiger partial charge >= 0.3 is 0 Å². The second kappa shape index (κ2) is 6.08. The van der Waals surface area contributed by atoms with Crippen LogP contribution in [0, 0.1) is 6.92 Å². The fraction of sp³-hybridized carbons (Fsp3) is 0.231. The number of nitrogens with zero attached hydrogens (tertiary/aromatic N) is 2. The molecule has 3 N–H and O–H groups in total. The second-order valence-corrected chi connectivity index (χ2v) is 5.08. The van der Waals surface area contributed by atoms with Crippen LogP contribution in [0.15, 0.2) is 24.3 Å². The van der Waals surface area contributed by atoms with Crippen LogP contribution in [0.5, 0.6) is 0 Å². The van der Waals surface area contributed by atoms with Crippen molar-refractivity contribution in [2.45, 2.75) is 13.3 Å². The topological polar surface area (TPSA) is 63.8 Å². The lowest BCUT2D eigenvalue weighted by molar-refractivity contribution is 0.996. The fourth-order valence-corrected chi connectivity index (χ4v) is 2.34. The molecule has 0 aliphatic heterocycles. The Morgan fingerprint density at radius 3 is 2.42 bits per heavy atom. The molecule has 0 aliphatic carbocycles. The minimum atomic E-state index is 0.272. The summed E-state index contributed by atoms with van der Waals surface area (Å²) >= 11 is 11.9. The summed E-state index contributed by atoms with van der Waals surface area (Å²) in [5.41, 5.74) is 7.49. The van der Waals surface area contributed by atoms with Crippen LogP contribution in [-0.4, -0.2) is 16.5 Å². The van der Waals surface area contributed by atoms with Gasteiger partial charge in [0.05, 0.1) is 0 Å². The third-order valence-electron chi connectivity index (χ3n) is 2.51. The molecule has 0 atom stereocenters. The zero-order chi connectivity index (χ0) is 13.8. The second-order valence-electron chi connectivity index (χ2n) is 4.21. The molecule has 0 fully saturated rings. The van der Waals surface area contributed by atoms with Gasteiger partial charge in [0.15, 0.2) is 0 Å². The van der Waals surface area contributed by atoms with Crippen molar-refractivity contribution in [1.82, 2.24) is 9.97 Å². The molecule has 0 amide bonds. The smallest absolute Gasteiger partial charge is 0.222 e. The van der Waals surface area contributed by atoms with Crippen molar-refractivity contribution in [3.63, 3.8) is 0 Å². The van der Waals surface area contributed by atoms with Gasteiger partial charge in [-0.25, -0.2) is 4.98 Å². The van der Waals surface area contributed by atoms with E-state index in [4.69, 9.17) is 28.9 Å². The van der Waals surface area contributed by atoms with E-state index in [1.165, 1.54) is 0 Å². The number of nitrogens with one attached hydrogen (secondary N) is 1. The normalized spacial score (nSPS) is 10.5. The van der Waals surface area contributed by atoms with Crippen LogP contribution >= 0.6 is 23.2 Å². The Hall–Kier alpha value is -1.52. The van der Waals surface area contributed by atoms with E-state index >= 15 is 0 Å². The van der Waals surface area contributed by atoms with Gasteiger partial charge in [0.1, 0.15) is 5.82 Å². The van der Waals surface area contributed by atoms with Crippen molar-refractivity contribution < 1.29 is 0 Å². The van der Waals surface area contributed by atoms with Crippen LogP contribution in [0.1, 0.15) is 11.3 Å². The van der Waals surface area contributed by atoms with Crippen molar-refractivity contribution in [3.05, 3.63) is 45.6 Å². The molecule has 6 heteroatoms. The van der Waals surface area contributed by atoms with Crippen LogP contribution < -0.4 is 11.1 Å². The number of nitrogen functional groups attached to an aromatic ring is 1. The van der Waals surface area contributed by atoms with Gasteiger partial charge in [-0.15, -0.1) is 0 Å². The van der Waals surface area contributed by atoms with Crippen LogP contribution in [0.3, 0.4) is 0 Å². The first-order valence-electron chi connectivity index (χ1n) is 5.83. The SMILES string of the molecule is Cc1cc(NCCc2cc(Cl)cc(Cl)c2)nc(N)n1. The minimum absolute atomic E-state index is 0.272. The van der Waals surface area contributed by atoms with E-state index in [1.54, 1.807) is 6.07 Å². The van der Waals surface area contributed by atoms with Crippen molar-refractivity contribution in [3.8, 4) is 0 Å². The van der Waals surface area contributed by atoms with E-state index < -0.39 is 0 Å². The monoisotopic (exact) mass is 296 g/mol. The molecule has 0 unspecified atom stereocenters. The van der Waals surface area contributed by atoms with E-state index in [0.717, 1.165) is 23.5 Å². The summed E-state index contributed by atoms with van der Waals surface area (Å²) in [6.07, 6.45) is 0.795. The largest absolute Gasteiger partial charge is 0.370 e. The van der Waals surface area contributed by atoms with Crippen LogP contribution in [0.2, 0.25) is 10.0 Å². The van der Waals surface area contributed by atoms with Crippen molar-refractivity contribution in [2.24, 2.45) is 0 Å². The van der Waals surface area contributed by atoms with E-state index in [0.29, 0.717) is 16.6 Å². The molecule has 0 saturated carbocycles. The standard InChI is InChI=1S/C13H14Cl2N4/c1-8-4-12(19-13(16)18-8)17-3-2-9-5-10(14)7-11(15)6-9/h4-7H,2-3H2,1H3,(H3,16,17,18,19). The molecule has 4 nitrogen and oxygen atoms in total. The molecule has 0 aliphatic rings. The van der Waals surface area contributed by atoms with Gasteiger partial charge in [0.2, 0.25) is 5.95 Å². The number of halogens is 2. The van der Waals surface area contributed by atoms with Crippen molar-refractivity contribution in [1.29, 1.82) is 0 Å². The number of anilines is 2. The van der Waals surface area contributed by atoms with E-state index in [-0.39, 0.29) is 5.95 Å². The van der Waals surface area contributed by atoms with E-state index in [2.05, 4.69) is 15.3 Å². The van der Waals surface area contributed by atoms with Crippen LogP contribution in [0.4, 0.5) is 11.8 Å². The average Bonchev–Trinajstić information content (AvgIpc) is 2.26. The first kappa shape index (κ1) is 13.9. The molecule has 0 radical (unpaired) electrons. The summed E-state index contributed by atoms with van der Waals surface area (Å²) in [7, 11) is 0. The number of hydrogen-bond acceptors (Lipinski definition) is 4. The molecule has 100 valence electrons. The zero-order valence-electron chi connectivity index (χ0n) is 10.5. The highest BCUT2D eigenvalue weighted by Gasteiger charge is 2.01. The number of aromatic nitrogens is 2. The van der Waals surface area contributed by atoms with Gasteiger partial charge < -0.3 is 11.1 Å².